The van der Waals surface area contributed by atoms with Gasteiger partial charge < -0.3 is 19.8 Å². The van der Waals surface area contributed by atoms with Crippen LogP contribution < -0.4 is 10.5 Å². The molecule has 2 N–H and O–H groups in total. The molecule has 1 aromatic carbocycles. The average Bonchev–Trinajstić information content (AvgIpc) is 2.97. The van der Waals surface area contributed by atoms with Crippen molar-refractivity contribution < 1.29 is 18.3 Å². The van der Waals surface area contributed by atoms with Crippen molar-refractivity contribution in [1.82, 2.24) is 4.90 Å². The molecule has 0 radical (unpaired) electrons. The highest BCUT2D eigenvalue weighted by molar-refractivity contribution is 5.93. The summed E-state index contributed by atoms with van der Waals surface area (Å²) in [5.74, 6) is 0.645. The molecule has 2 rings (SSSR count). The molecule has 2 aromatic rings. The molecule has 1 amide bonds. The molecule has 0 fully saturated rings. The molecule has 21 heavy (non-hydrogen) atoms. The number of hydrogen-bond donors (Lipinski definition) is 1. The van der Waals surface area contributed by atoms with Gasteiger partial charge >= 0.3 is 0 Å². The lowest BCUT2D eigenvalue weighted by Gasteiger charge is -2.16. The fourth-order valence-corrected chi connectivity index (χ4v) is 1.75. The van der Waals surface area contributed by atoms with Crippen LogP contribution in [0, 0.1) is 5.82 Å². The first-order valence-corrected chi connectivity index (χ1v) is 6.51. The van der Waals surface area contributed by atoms with Gasteiger partial charge in [-0.1, -0.05) is 0 Å². The lowest BCUT2D eigenvalue weighted by Crippen LogP contribution is -2.30. The number of ether oxygens (including phenoxy) is 1. The van der Waals surface area contributed by atoms with Crippen LogP contribution in [-0.4, -0.2) is 31.0 Å². The van der Waals surface area contributed by atoms with Crippen LogP contribution in [0.15, 0.2) is 41.0 Å². The molecule has 0 atom stereocenters. The van der Waals surface area contributed by atoms with E-state index in [0.717, 1.165) is 0 Å². The molecule has 0 saturated heterocycles. The summed E-state index contributed by atoms with van der Waals surface area (Å²) in [6.07, 6.45) is 1.39. The highest BCUT2D eigenvalue weighted by atomic mass is 19.1. The number of furan rings is 1. The third-order valence-electron chi connectivity index (χ3n) is 2.96. The summed E-state index contributed by atoms with van der Waals surface area (Å²) >= 11 is 0. The van der Waals surface area contributed by atoms with E-state index in [0.29, 0.717) is 30.2 Å². The number of carbonyl (C=O) groups excluding carboxylic acids is 1. The van der Waals surface area contributed by atoms with Crippen LogP contribution in [0.2, 0.25) is 0 Å². The largest absolute Gasteiger partial charge is 0.492 e. The first-order valence-electron chi connectivity index (χ1n) is 6.51. The van der Waals surface area contributed by atoms with Crippen molar-refractivity contribution in [2.24, 2.45) is 5.73 Å². The number of rotatable bonds is 6. The van der Waals surface area contributed by atoms with Gasteiger partial charge in [0.05, 0.1) is 18.7 Å². The molecule has 1 aromatic heterocycles. The van der Waals surface area contributed by atoms with Gasteiger partial charge in [0.1, 0.15) is 30.2 Å². The smallest absolute Gasteiger partial charge is 0.256 e. The number of carbonyl (C=O) groups is 1. The van der Waals surface area contributed by atoms with Crippen molar-refractivity contribution in [2.75, 3.05) is 20.2 Å². The molecule has 112 valence electrons. The zero-order valence-corrected chi connectivity index (χ0v) is 11.7. The van der Waals surface area contributed by atoms with E-state index in [2.05, 4.69) is 0 Å². The van der Waals surface area contributed by atoms with Crippen LogP contribution in [0.25, 0.3) is 0 Å². The Hall–Kier alpha value is -2.34. The molecule has 6 heteroatoms. The predicted octanol–water partition coefficient (Wildman–Crippen LogP) is 2.03. The first-order chi connectivity index (χ1) is 10.1. The van der Waals surface area contributed by atoms with E-state index in [1.54, 1.807) is 25.2 Å². The van der Waals surface area contributed by atoms with E-state index < -0.39 is 0 Å². The van der Waals surface area contributed by atoms with E-state index in [9.17, 15) is 9.18 Å². The van der Waals surface area contributed by atoms with Crippen LogP contribution in [0.5, 0.6) is 5.75 Å². The maximum Gasteiger partial charge on any atom is 0.256 e. The van der Waals surface area contributed by atoms with Crippen LogP contribution in [0.4, 0.5) is 4.39 Å². The lowest BCUT2D eigenvalue weighted by atomic mass is 10.2. The van der Waals surface area contributed by atoms with E-state index in [-0.39, 0.29) is 18.3 Å². The second kappa shape index (κ2) is 6.90. The predicted molar refractivity (Wildman–Crippen MR) is 75.5 cm³/mol. The Balaban J connectivity index is 1.82. The zero-order chi connectivity index (χ0) is 15.2. The Labute approximate surface area is 122 Å². The SMILES string of the molecule is CN(CCOc1ccc(F)cc1)C(=O)c1coc(CN)c1. The summed E-state index contributed by atoms with van der Waals surface area (Å²) in [6, 6.07) is 7.36. The van der Waals surface area contributed by atoms with Gasteiger partial charge in [0.25, 0.3) is 5.91 Å². The van der Waals surface area contributed by atoms with Crippen molar-refractivity contribution in [1.29, 1.82) is 0 Å². The lowest BCUT2D eigenvalue weighted by molar-refractivity contribution is 0.0773. The highest BCUT2D eigenvalue weighted by Gasteiger charge is 2.14. The van der Waals surface area contributed by atoms with Crippen LogP contribution >= 0.6 is 0 Å². The minimum Gasteiger partial charge on any atom is -0.492 e. The number of nitrogens with zero attached hydrogens (tertiary/aromatic N) is 1. The first kappa shape index (κ1) is 15.1. The topological polar surface area (TPSA) is 68.7 Å². The van der Waals surface area contributed by atoms with Crippen molar-refractivity contribution in [2.45, 2.75) is 6.54 Å². The molecule has 0 aliphatic rings. The summed E-state index contributed by atoms with van der Waals surface area (Å²) in [4.78, 5) is 13.6. The summed E-state index contributed by atoms with van der Waals surface area (Å²) < 4.78 is 23.3. The maximum absolute atomic E-state index is 12.7. The van der Waals surface area contributed by atoms with Gasteiger partial charge in [-0.15, -0.1) is 0 Å². The van der Waals surface area contributed by atoms with Crippen LogP contribution in [0.3, 0.4) is 0 Å². The monoisotopic (exact) mass is 292 g/mol. The Morgan fingerprint density at radius 2 is 2.10 bits per heavy atom. The highest BCUT2D eigenvalue weighted by Crippen LogP contribution is 2.12. The normalized spacial score (nSPS) is 10.4. The van der Waals surface area contributed by atoms with Gasteiger partial charge in [-0.25, -0.2) is 4.39 Å². The van der Waals surface area contributed by atoms with E-state index in [4.69, 9.17) is 14.9 Å². The number of hydrogen-bond acceptors (Lipinski definition) is 4. The molecule has 0 aliphatic carbocycles. The number of nitrogens with two attached hydrogens (primary N) is 1. The van der Waals surface area contributed by atoms with Gasteiger partial charge in [0.2, 0.25) is 0 Å². The van der Waals surface area contributed by atoms with Gasteiger partial charge in [0.15, 0.2) is 0 Å². The number of halogens is 1. The molecule has 0 unspecified atom stereocenters. The maximum atomic E-state index is 12.7. The Morgan fingerprint density at radius 3 is 2.71 bits per heavy atom. The van der Waals surface area contributed by atoms with E-state index in [1.807, 2.05) is 0 Å². The molecular formula is C15H17FN2O3. The molecule has 5 nitrogen and oxygen atoms in total. The van der Waals surface area contributed by atoms with Crippen LogP contribution in [-0.2, 0) is 6.54 Å². The fourth-order valence-electron chi connectivity index (χ4n) is 1.75. The van der Waals surface area contributed by atoms with Gasteiger partial charge in [-0.05, 0) is 30.3 Å². The van der Waals surface area contributed by atoms with E-state index >= 15 is 0 Å². The summed E-state index contributed by atoms with van der Waals surface area (Å²) in [5, 5.41) is 0. The third kappa shape index (κ3) is 4.06. The summed E-state index contributed by atoms with van der Waals surface area (Å²) in [6.45, 7) is 0.972. The fraction of sp³-hybridized carbons (Fsp3) is 0.267. The minimum absolute atomic E-state index is 0.166. The average molecular weight is 292 g/mol. The quantitative estimate of drug-likeness (QED) is 0.884. The Bertz CT molecular complexity index is 595. The summed E-state index contributed by atoms with van der Waals surface area (Å²) in [5.41, 5.74) is 5.89. The number of benzene rings is 1. The minimum atomic E-state index is -0.315. The number of likely N-dealkylation sites (N-methyl/N-ethyl adjacent to an activating group) is 1. The Kier molecular flexibility index (Phi) is 4.94. The molecule has 1 heterocycles. The molecule has 0 spiro atoms. The van der Waals surface area contributed by atoms with Gasteiger partial charge in [0, 0.05) is 7.05 Å². The Morgan fingerprint density at radius 1 is 1.38 bits per heavy atom. The van der Waals surface area contributed by atoms with Crippen molar-refractivity contribution >= 4 is 5.91 Å². The van der Waals surface area contributed by atoms with Crippen molar-refractivity contribution in [3.8, 4) is 5.75 Å². The van der Waals surface area contributed by atoms with Crippen molar-refractivity contribution in [3.05, 3.63) is 53.7 Å². The molecule has 0 aliphatic heterocycles. The molecule has 0 bridgehead atoms. The summed E-state index contributed by atoms with van der Waals surface area (Å²) in [7, 11) is 1.67. The second-order valence-corrected chi connectivity index (χ2v) is 4.53. The molecular weight excluding hydrogens is 275 g/mol. The van der Waals surface area contributed by atoms with Crippen LogP contribution in [0.1, 0.15) is 16.1 Å². The zero-order valence-electron chi connectivity index (χ0n) is 11.7. The third-order valence-corrected chi connectivity index (χ3v) is 2.96. The van der Waals surface area contributed by atoms with Crippen molar-refractivity contribution in [3.63, 3.8) is 0 Å². The number of amides is 1. The standard InChI is InChI=1S/C15H17FN2O3/c1-18(15(19)11-8-14(9-17)21-10-11)6-7-20-13-4-2-12(16)3-5-13/h2-5,8,10H,6-7,9,17H2,1H3. The van der Waals surface area contributed by atoms with E-state index in [1.165, 1.54) is 23.3 Å². The van der Waals surface area contributed by atoms with Gasteiger partial charge in [-0.3, -0.25) is 4.79 Å². The second-order valence-electron chi connectivity index (χ2n) is 4.53. The molecule has 0 saturated carbocycles. The van der Waals surface area contributed by atoms with Gasteiger partial charge in [-0.2, -0.15) is 0 Å².